The maximum atomic E-state index is 5.69. The quantitative estimate of drug-likeness (QED) is 0.787. The van der Waals surface area contributed by atoms with Crippen LogP contribution in [0.5, 0.6) is 0 Å². The topological polar surface area (TPSA) is 39.2 Å². The summed E-state index contributed by atoms with van der Waals surface area (Å²) >= 11 is 3.38. The van der Waals surface area contributed by atoms with E-state index in [9.17, 15) is 0 Å². The van der Waals surface area contributed by atoms with E-state index >= 15 is 0 Å². The van der Waals surface area contributed by atoms with Crippen molar-refractivity contribution in [1.82, 2.24) is 0 Å². The molecule has 0 saturated carbocycles. The number of hydrogen-bond donors (Lipinski definition) is 1. The number of hydrogen-bond acceptors (Lipinski definition) is 2. The molecule has 1 aromatic heterocycles. The third-order valence-electron chi connectivity index (χ3n) is 2.03. The van der Waals surface area contributed by atoms with E-state index < -0.39 is 0 Å². The summed E-state index contributed by atoms with van der Waals surface area (Å²) in [5.74, 6) is 1.77. The summed E-state index contributed by atoms with van der Waals surface area (Å²) in [4.78, 5) is 0. The van der Waals surface area contributed by atoms with Gasteiger partial charge in [0.05, 0.1) is 0 Å². The minimum Gasteiger partial charge on any atom is -0.461 e. The molecule has 0 aliphatic heterocycles. The number of furan rings is 1. The zero-order valence-corrected chi connectivity index (χ0v) is 9.34. The highest BCUT2D eigenvalue weighted by Crippen LogP contribution is 2.28. The van der Waals surface area contributed by atoms with Gasteiger partial charge in [-0.1, -0.05) is 0 Å². The van der Waals surface area contributed by atoms with Gasteiger partial charge in [0.1, 0.15) is 11.5 Å². The molecule has 2 rings (SSSR count). The van der Waals surface area contributed by atoms with Gasteiger partial charge in [-0.25, -0.2) is 0 Å². The van der Waals surface area contributed by atoms with Crippen molar-refractivity contribution >= 4 is 21.6 Å². The van der Waals surface area contributed by atoms with Crippen LogP contribution in [0.25, 0.3) is 11.3 Å². The monoisotopic (exact) mass is 251 g/mol. The lowest BCUT2D eigenvalue weighted by molar-refractivity contribution is 0.548. The lowest BCUT2D eigenvalue weighted by Gasteiger charge is -2.00. The van der Waals surface area contributed by atoms with Gasteiger partial charge < -0.3 is 10.2 Å². The van der Waals surface area contributed by atoms with E-state index in [1.165, 1.54) is 0 Å². The first-order valence-electron chi connectivity index (χ1n) is 4.28. The maximum absolute atomic E-state index is 5.69. The number of nitrogens with two attached hydrogens (primary N) is 1. The van der Waals surface area contributed by atoms with E-state index in [1.54, 1.807) is 0 Å². The van der Waals surface area contributed by atoms with Crippen molar-refractivity contribution in [2.75, 3.05) is 5.73 Å². The van der Waals surface area contributed by atoms with Gasteiger partial charge in [0.25, 0.3) is 0 Å². The molecule has 0 aliphatic rings. The van der Waals surface area contributed by atoms with Gasteiger partial charge in [-0.15, -0.1) is 0 Å². The highest BCUT2D eigenvalue weighted by atomic mass is 79.9. The van der Waals surface area contributed by atoms with E-state index in [0.29, 0.717) is 0 Å². The summed E-state index contributed by atoms with van der Waals surface area (Å²) in [6.07, 6.45) is 0. The van der Waals surface area contributed by atoms with Crippen molar-refractivity contribution in [2.24, 2.45) is 0 Å². The van der Waals surface area contributed by atoms with Gasteiger partial charge in [-0.05, 0) is 53.2 Å². The first-order valence-corrected chi connectivity index (χ1v) is 5.08. The third-order valence-corrected chi connectivity index (χ3v) is 2.71. The standard InChI is InChI=1S/C11H10BrNO/c1-7-2-5-11(14-7)8-3-4-10(13)9(12)6-8/h2-6H,13H2,1H3. The van der Waals surface area contributed by atoms with Crippen LogP contribution < -0.4 is 5.73 Å². The van der Waals surface area contributed by atoms with Gasteiger partial charge in [0.2, 0.25) is 0 Å². The fraction of sp³-hybridized carbons (Fsp3) is 0.0909. The highest BCUT2D eigenvalue weighted by molar-refractivity contribution is 9.10. The van der Waals surface area contributed by atoms with Crippen LogP contribution in [0.15, 0.2) is 39.2 Å². The van der Waals surface area contributed by atoms with Crippen LogP contribution in [-0.4, -0.2) is 0 Å². The van der Waals surface area contributed by atoms with Crippen LogP contribution in [0.2, 0.25) is 0 Å². The van der Waals surface area contributed by atoms with Crippen molar-refractivity contribution < 1.29 is 4.42 Å². The molecule has 14 heavy (non-hydrogen) atoms. The number of nitrogen functional groups attached to an aromatic ring is 1. The SMILES string of the molecule is Cc1ccc(-c2ccc(N)c(Br)c2)o1. The van der Waals surface area contributed by atoms with Crippen LogP contribution in [0.3, 0.4) is 0 Å². The minimum atomic E-state index is 0.733. The molecule has 2 N–H and O–H groups in total. The smallest absolute Gasteiger partial charge is 0.134 e. The number of aryl methyl sites for hydroxylation is 1. The molecule has 0 atom stereocenters. The van der Waals surface area contributed by atoms with E-state index in [-0.39, 0.29) is 0 Å². The van der Waals surface area contributed by atoms with Crippen molar-refractivity contribution in [2.45, 2.75) is 6.92 Å². The number of rotatable bonds is 1. The van der Waals surface area contributed by atoms with Gasteiger partial charge in [-0.3, -0.25) is 0 Å². The molecule has 3 heteroatoms. The first-order chi connectivity index (χ1) is 6.66. The predicted octanol–water partition coefficient (Wildman–Crippen LogP) is 3.60. The molecular weight excluding hydrogens is 242 g/mol. The molecule has 1 aromatic carbocycles. The Labute approximate surface area is 90.9 Å². The second kappa shape index (κ2) is 3.50. The molecule has 2 nitrogen and oxygen atoms in total. The molecule has 1 heterocycles. The first kappa shape index (κ1) is 9.34. The Morgan fingerprint density at radius 1 is 1.21 bits per heavy atom. The normalized spacial score (nSPS) is 10.4. The predicted molar refractivity (Wildman–Crippen MR) is 61.0 cm³/mol. The van der Waals surface area contributed by atoms with Crippen LogP contribution in [0.1, 0.15) is 5.76 Å². The molecule has 0 bridgehead atoms. The van der Waals surface area contributed by atoms with Crippen molar-refractivity contribution in [3.8, 4) is 11.3 Å². The fourth-order valence-corrected chi connectivity index (χ4v) is 1.65. The number of halogens is 1. The van der Waals surface area contributed by atoms with Crippen LogP contribution >= 0.6 is 15.9 Å². The Balaban J connectivity index is 2.47. The Morgan fingerprint density at radius 3 is 2.57 bits per heavy atom. The minimum absolute atomic E-state index is 0.733. The number of anilines is 1. The molecule has 0 radical (unpaired) electrons. The van der Waals surface area contributed by atoms with Gasteiger partial charge in [-0.2, -0.15) is 0 Å². The molecule has 2 aromatic rings. The Morgan fingerprint density at radius 2 is 2.00 bits per heavy atom. The van der Waals surface area contributed by atoms with E-state index in [1.807, 2.05) is 37.3 Å². The fourth-order valence-electron chi connectivity index (χ4n) is 1.27. The average Bonchev–Trinajstić information content (AvgIpc) is 2.57. The summed E-state index contributed by atoms with van der Waals surface area (Å²) in [7, 11) is 0. The highest BCUT2D eigenvalue weighted by Gasteiger charge is 2.04. The summed E-state index contributed by atoms with van der Waals surface area (Å²) in [6, 6.07) is 9.65. The summed E-state index contributed by atoms with van der Waals surface area (Å²) in [6.45, 7) is 1.93. The molecule has 0 saturated heterocycles. The summed E-state index contributed by atoms with van der Waals surface area (Å²) < 4.78 is 6.40. The van der Waals surface area contributed by atoms with Gasteiger partial charge >= 0.3 is 0 Å². The number of benzene rings is 1. The second-order valence-corrected chi connectivity index (χ2v) is 4.00. The molecular formula is C11H10BrNO. The van der Waals surface area contributed by atoms with Crippen molar-refractivity contribution in [1.29, 1.82) is 0 Å². The Hall–Kier alpha value is -1.22. The largest absolute Gasteiger partial charge is 0.461 e. The van der Waals surface area contributed by atoms with E-state index in [0.717, 1.165) is 27.2 Å². The molecule has 0 fully saturated rings. The average molecular weight is 252 g/mol. The molecule has 0 aliphatic carbocycles. The molecule has 72 valence electrons. The third kappa shape index (κ3) is 1.68. The van der Waals surface area contributed by atoms with Crippen LogP contribution in [0, 0.1) is 6.92 Å². The molecule has 0 unspecified atom stereocenters. The molecule has 0 amide bonds. The lowest BCUT2D eigenvalue weighted by Crippen LogP contribution is -1.85. The zero-order valence-electron chi connectivity index (χ0n) is 7.75. The zero-order chi connectivity index (χ0) is 10.1. The van der Waals surface area contributed by atoms with Crippen LogP contribution in [-0.2, 0) is 0 Å². The van der Waals surface area contributed by atoms with E-state index in [4.69, 9.17) is 10.2 Å². The van der Waals surface area contributed by atoms with Crippen molar-refractivity contribution in [3.05, 3.63) is 40.6 Å². The lowest BCUT2D eigenvalue weighted by atomic mass is 10.1. The van der Waals surface area contributed by atoms with Gasteiger partial charge in [0.15, 0.2) is 0 Å². The second-order valence-electron chi connectivity index (χ2n) is 3.15. The molecule has 0 spiro atoms. The summed E-state index contributed by atoms with van der Waals surface area (Å²) in [5, 5.41) is 0. The van der Waals surface area contributed by atoms with Gasteiger partial charge in [0, 0.05) is 15.7 Å². The van der Waals surface area contributed by atoms with E-state index in [2.05, 4.69) is 15.9 Å². The Kier molecular flexibility index (Phi) is 2.33. The maximum Gasteiger partial charge on any atom is 0.134 e. The van der Waals surface area contributed by atoms with Crippen molar-refractivity contribution in [3.63, 3.8) is 0 Å². The van der Waals surface area contributed by atoms with Crippen LogP contribution in [0.4, 0.5) is 5.69 Å². The summed E-state index contributed by atoms with van der Waals surface area (Å²) in [5.41, 5.74) is 7.45. The Bertz CT molecular complexity index is 462.